The molecule has 0 saturated heterocycles. The summed E-state index contributed by atoms with van der Waals surface area (Å²) in [5, 5.41) is 9.71. The van der Waals surface area contributed by atoms with Crippen LogP contribution in [0.3, 0.4) is 0 Å². The summed E-state index contributed by atoms with van der Waals surface area (Å²) in [5.41, 5.74) is 11.3. The number of fused-ring (bicyclic) bond motifs is 9. The largest absolute Gasteiger partial charge is 0.435 e. The van der Waals surface area contributed by atoms with Crippen LogP contribution in [-0.4, -0.2) is 9.55 Å². The molecule has 0 aliphatic carbocycles. The summed E-state index contributed by atoms with van der Waals surface area (Å²) in [6.45, 7) is 0. The molecule has 12 aromatic rings. The lowest BCUT2D eigenvalue weighted by Crippen LogP contribution is -2.11. The van der Waals surface area contributed by atoms with Gasteiger partial charge in [-0.15, -0.1) is 0 Å². The number of hydrogen-bond donors (Lipinski definition) is 0. The molecule has 0 saturated carbocycles. The van der Waals surface area contributed by atoms with Crippen LogP contribution < -0.4 is 4.90 Å². The summed E-state index contributed by atoms with van der Waals surface area (Å²) in [5.74, 6) is 0.614. The second-order valence-electron chi connectivity index (χ2n) is 15.1. The van der Waals surface area contributed by atoms with Crippen LogP contribution in [0.25, 0.3) is 93.5 Å². The van der Waals surface area contributed by atoms with Gasteiger partial charge in [0.2, 0.25) is 5.89 Å². The van der Waals surface area contributed by atoms with E-state index in [0.29, 0.717) is 5.89 Å². The molecule has 0 bridgehead atoms. The Morgan fingerprint density at radius 2 is 1.08 bits per heavy atom. The maximum Gasteiger partial charge on any atom is 0.227 e. The minimum Gasteiger partial charge on any atom is -0.435 e. The van der Waals surface area contributed by atoms with E-state index in [4.69, 9.17) is 9.40 Å². The highest BCUT2D eigenvalue weighted by atomic mass is 16.3. The van der Waals surface area contributed by atoms with Gasteiger partial charge in [-0.3, -0.25) is 0 Å². The van der Waals surface area contributed by atoms with Crippen LogP contribution in [0.5, 0.6) is 0 Å². The average Bonchev–Trinajstić information content (AvgIpc) is 3.90. The number of benzene rings is 10. The lowest BCUT2D eigenvalue weighted by Gasteiger charge is -2.28. The topological polar surface area (TPSA) is 34.2 Å². The minimum absolute atomic E-state index is 0.614. The molecule has 2 heterocycles. The summed E-state index contributed by atoms with van der Waals surface area (Å²) < 4.78 is 8.99. The standard InChI is InChI=1S/C55H35N3O/c1-3-16-37(17-4-1)55-56-50-28-14-27-45(54(50)59-55)38-19-13-22-41(33-38)57(51-34-39-18-8-9-23-43(39)46-25-11-12-26-47(46)51)42-30-32-48-49-31-29-36-15-7-10-24-44(36)53(49)58(52(48)35-42)40-20-5-2-6-21-40/h1-35H. The van der Waals surface area contributed by atoms with Crippen molar-refractivity contribution in [2.75, 3.05) is 4.90 Å². The van der Waals surface area contributed by atoms with Gasteiger partial charge in [0.25, 0.3) is 0 Å². The van der Waals surface area contributed by atoms with Crippen LogP contribution in [0.4, 0.5) is 17.1 Å². The molecule has 4 nitrogen and oxygen atoms in total. The smallest absolute Gasteiger partial charge is 0.227 e. The lowest BCUT2D eigenvalue weighted by molar-refractivity contribution is 0.621. The highest BCUT2D eigenvalue weighted by molar-refractivity contribution is 6.20. The fraction of sp³-hybridized carbons (Fsp3) is 0. The summed E-state index contributed by atoms with van der Waals surface area (Å²) >= 11 is 0. The van der Waals surface area contributed by atoms with E-state index in [9.17, 15) is 0 Å². The molecule has 0 amide bonds. The molecule has 4 heteroatoms. The van der Waals surface area contributed by atoms with Crippen LogP contribution in [-0.2, 0) is 0 Å². The summed E-state index contributed by atoms with van der Waals surface area (Å²) in [4.78, 5) is 7.33. The number of nitrogens with zero attached hydrogens (tertiary/aromatic N) is 3. The zero-order valence-electron chi connectivity index (χ0n) is 32.0. The van der Waals surface area contributed by atoms with Crippen LogP contribution in [0.1, 0.15) is 0 Å². The third-order valence-corrected chi connectivity index (χ3v) is 11.7. The zero-order chi connectivity index (χ0) is 38.9. The van der Waals surface area contributed by atoms with E-state index >= 15 is 0 Å². The number of oxazole rings is 1. The Morgan fingerprint density at radius 1 is 0.424 bits per heavy atom. The first kappa shape index (κ1) is 33.2. The number of aromatic nitrogens is 2. The minimum atomic E-state index is 0.614. The SMILES string of the molecule is c1ccc(-c2nc3cccc(-c4cccc(N(c5ccc6c7ccc8ccccc8c7n(-c7ccccc7)c6c5)c5cc6ccccc6c6ccccc56)c4)c3o2)cc1. The number of para-hydroxylation sites is 2. The molecule has 0 aliphatic rings. The van der Waals surface area contributed by atoms with E-state index in [1.165, 1.54) is 48.6 Å². The molecule has 0 N–H and O–H groups in total. The van der Waals surface area contributed by atoms with Gasteiger partial charge in [-0.1, -0.05) is 152 Å². The van der Waals surface area contributed by atoms with E-state index in [1.54, 1.807) is 0 Å². The molecule has 0 spiro atoms. The molecule has 10 aromatic carbocycles. The van der Waals surface area contributed by atoms with Crippen molar-refractivity contribution in [3.63, 3.8) is 0 Å². The Morgan fingerprint density at radius 3 is 1.93 bits per heavy atom. The first-order chi connectivity index (χ1) is 29.3. The fourth-order valence-electron chi connectivity index (χ4n) is 9.09. The molecule has 12 rings (SSSR count). The van der Waals surface area contributed by atoms with E-state index in [-0.39, 0.29) is 0 Å². The number of anilines is 3. The zero-order valence-corrected chi connectivity index (χ0v) is 32.0. The van der Waals surface area contributed by atoms with Crippen molar-refractivity contribution in [2.45, 2.75) is 0 Å². The monoisotopic (exact) mass is 753 g/mol. The molecule has 0 aliphatic heterocycles. The summed E-state index contributed by atoms with van der Waals surface area (Å²) in [6, 6.07) is 75.9. The maximum atomic E-state index is 6.55. The van der Waals surface area contributed by atoms with Crippen LogP contribution in [0.2, 0.25) is 0 Å². The van der Waals surface area contributed by atoms with Crippen LogP contribution in [0.15, 0.2) is 217 Å². The predicted octanol–water partition coefficient (Wildman–Crippen LogP) is 15.2. The molecule has 276 valence electrons. The molecule has 0 radical (unpaired) electrons. The average molecular weight is 754 g/mol. The Bertz CT molecular complexity index is 3570. The van der Waals surface area contributed by atoms with E-state index in [2.05, 4.69) is 185 Å². The van der Waals surface area contributed by atoms with Gasteiger partial charge in [0.15, 0.2) is 5.58 Å². The van der Waals surface area contributed by atoms with Crippen molar-refractivity contribution in [1.29, 1.82) is 0 Å². The highest BCUT2D eigenvalue weighted by Crippen LogP contribution is 2.46. The van der Waals surface area contributed by atoms with Gasteiger partial charge in [-0.2, -0.15) is 0 Å². The Balaban J connectivity index is 1.13. The molecule has 0 fully saturated rings. The Labute approximate surface area is 340 Å². The van der Waals surface area contributed by atoms with Gasteiger partial charge in [0, 0.05) is 49.7 Å². The quantitative estimate of drug-likeness (QED) is 0.159. The normalized spacial score (nSPS) is 11.7. The van der Waals surface area contributed by atoms with E-state index < -0.39 is 0 Å². The molecular weight excluding hydrogens is 719 g/mol. The molecule has 0 unspecified atom stereocenters. The van der Waals surface area contributed by atoms with Crippen molar-refractivity contribution in [2.24, 2.45) is 0 Å². The second kappa shape index (κ2) is 13.3. The highest BCUT2D eigenvalue weighted by Gasteiger charge is 2.22. The van der Waals surface area contributed by atoms with Crippen molar-refractivity contribution < 1.29 is 4.42 Å². The van der Waals surface area contributed by atoms with Crippen molar-refractivity contribution >= 4 is 82.3 Å². The molecule has 59 heavy (non-hydrogen) atoms. The van der Waals surface area contributed by atoms with Crippen LogP contribution >= 0.6 is 0 Å². The summed E-state index contributed by atoms with van der Waals surface area (Å²) in [6.07, 6.45) is 0. The van der Waals surface area contributed by atoms with Gasteiger partial charge in [-0.25, -0.2) is 4.98 Å². The molecule has 2 aromatic heterocycles. The van der Waals surface area contributed by atoms with E-state index in [1.807, 2.05) is 36.4 Å². The summed E-state index contributed by atoms with van der Waals surface area (Å²) in [7, 11) is 0. The van der Waals surface area contributed by atoms with Crippen LogP contribution in [0, 0.1) is 0 Å². The van der Waals surface area contributed by atoms with Gasteiger partial charge in [0.1, 0.15) is 5.52 Å². The van der Waals surface area contributed by atoms with Crippen molar-refractivity contribution in [3.8, 4) is 28.3 Å². The first-order valence-electron chi connectivity index (χ1n) is 20.0. The van der Waals surface area contributed by atoms with Gasteiger partial charge >= 0.3 is 0 Å². The third kappa shape index (κ3) is 5.34. The van der Waals surface area contributed by atoms with Gasteiger partial charge in [-0.05, 0) is 87.8 Å². The molecular formula is C55H35N3O. The second-order valence-corrected chi connectivity index (χ2v) is 15.1. The number of rotatable bonds is 6. The maximum absolute atomic E-state index is 6.55. The Hall–Kier alpha value is -7.95. The fourth-order valence-corrected chi connectivity index (χ4v) is 9.09. The first-order valence-corrected chi connectivity index (χ1v) is 20.0. The van der Waals surface area contributed by atoms with Gasteiger partial charge in [0.05, 0.1) is 16.7 Å². The number of hydrogen-bond acceptors (Lipinski definition) is 3. The predicted molar refractivity (Wildman–Crippen MR) is 246 cm³/mol. The van der Waals surface area contributed by atoms with Gasteiger partial charge < -0.3 is 13.9 Å². The third-order valence-electron chi connectivity index (χ3n) is 11.7. The lowest BCUT2D eigenvalue weighted by atomic mass is 9.98. The van der Waals surface area contributed by atoms with E-state index in [0.717, 1.165) is 56.1 Å². The van der Waals surface area contributed by atoms with Crippen molar-refractivity contribution in [1.82, 2.24) is 9.55 Å². The van der Waals surface area contributed by atoms with Crippen molar-refractivity contribution in [3.05, 3.63) is 212 Å². The molecule has 0 atom stereocenters. The Kier molecular flexibility index (Phi) is 7.50.